The highest BCUT2D eigenvalue weighted by Gasteiger charge is 2.16. The average Bonchev–Trinajstić information content (AvgIpc) is 2.97. The van der Waals surface area contributed by atoms with E-state index in [9.17, 15) is 14.4 Å². The van der Waals surface area contributed by atoms with Crippen molar-refractivity contribution in [2.24, 2.45) is 7.05 Å². The van der Waals surface area contributed by atoms with Crippen LogP contribution < -0.4 is 11.2 Å². The molecule has 9 nitrogen and oxygen atoms in total. The van der Waals surface area contributed by atoms with Crippen LogP contribution in [0.5, 0.6) is 0 Å². The minimum Gasteiger partial charge on any atom is -0.469 e. The topological polar surface area (TPSA) is 97.4 Å². The van der Waals surface area contributed by atoms with E-state index in [2.05, 4.69) is 16.3 Å². The van der Waals surface area contributed by atoms with Gasteiger partial charge < -0.3 is 14.0 Å². The van der Waals surface area contributed by atoms with Crippen LogP contribution in [0.1, 0.15) is 6.42 Å². The Morgan fingerprint density at radius 3 is 2.83 bits per heavy atom. The lowest BCUT2D eigenvalue weighted by molar-refractivity contribution is -0.140. The van der Waals surface area contributed by atoms with Gasteiger partial charge in [0.2, 0.25) is 0 Å². The van der Waals surface area contributed by atoms with Crippen LogP contribution >= 0.6 is 0 Å². The van der Waals surface area contributed by atoms with E-state index >= 15 is 0 Å². The lowest BCUT2D eigenvalue weighted by Crippen LogP contribution is -2.39. The summed E-state index contributed by atoms with van der Waals surface area (Å²) in [4.78, 5) is 39.9. The Morgan fingerprint density at radius 2 is 2.17 bits per heavy atom. The van der Waals surface area contributed by atoms with Gasteiger partial charge in [0.15, 0.2) is 11.2 Å². The fraction of sp³-hybridized carbons (Fsp3) is 0.429. The Hall–Kier alpha value is -2.68. The summed E-state index contributed by atoms with van der Waals surface area (Å²) in [6, 6.07) is 0. The molecule has 0 saturated carbocycles. The largest absolute Gasteiger partial charge is 0.469 e. The number of nitrogens with zero attached hydrogens (tertiary/aromatic N) is 4. The summed E-state index contributed by atoms with van der Waals surface area (Å²) in [7, 11) is 2.67. The minimum atomic E-state index is -0.523. The first-order valence-electron chi connectivity index (χ1n) is 6.91. The molecule has 0 saturated heterocycles. The van der Waals surface area contributed by atoms with E-state index < -0.39 is 17.2 Å². The molecule has 0 atom stereocenters. The van der Waals surface area contributed by atoms with Crippen LogP contribution in [0.3, 0.4) is 0 Å². The maximum absolute atomic E-state index is 12.3. The second kappa shape index (κ2) is 7.05. The number of carbonyl (C=O) groups is 1. The Balaban J connectivity index is 2.50. The number of ether oxygens (including phenoxy) is 2. The summed E-state index contributed by atoms with van der Waals surface area (Å²) in [5.41, 5.74) is -0.553. The van der Waals surface area contributed by atoms with Gasteiger partial charge in [-0.15, -0.1) is 6.58 Å². The Bertz CT molecular complexity index is 845. The smallest absolute Gasteiger partial charge is 0.334 e. The van der Waals surface area contributed by atoms with Crippen LogP contribution in [0.2, 0.25) is 0 Å². The van der Waals surface area contributed by atoms with Gasteiger partial charge in [0.25, 0.3) is 5.56 Å². The first-order chi connectivity index (χ1) is 11.0. The maximum Gasteiger partial charge on any atom is 0.334 e. The number of fused-ring (bicyclic) bond motifs is 1. The van der Waals surface area contributed by atoms with Crippen molar-refractivity contribution in [2.75, 3.05) is 13.7 Å². The summed E-state index contributed by atoms with van der Waals surface area (Å²) < 4.78 is 13.6. The number of methoxy groups -OCH3 is 1. The highest BCUT2D eigenvalue weighted by molar-refractivity contribution is 5.71. The molecule has 0 aromatic carbocycles. The highest BCUT2D eigenvalue weighted by atomic mass is 16.5. The predicted octanol–water partition coefficient (Wildman–Crippen LogP) is -0.380. The van der Waals surface area contributed by atoms with Crippen LogP contribution in [0.15, 0.2) is 28.6 Å². The van der Waals surface area contributed by atoms with E-state index in [1.54, 1.807) is 6.08 Å². The molecule has 0 fully saturated rings. The summed E-state index contributed by atoms with van der Waals surface area (Å²) in [6.45, 7) is 3.97. The number of hydrogen-bond donors (Lipinski definition) is 0. The van der Waals surface area contributed by atoms with E-state index in [1.165, 1.54) is 29.6 Å². The molecule has 0 unspecified atom stereocenters. The first-order valence-corrected chi connectivity index (χ1v) is 6.91. The van der Waals surface area contributed by atoms with Crippen molar-refractivity contribution in [3.05, 3.63) is 39.8 Å². The standard InChI is InChI=1S/C14H18N4O5/c1-4-7-23-9-18-12-11(13(20)16(2)14(18)21)17(8-15-12)6-5-10(19)22-3/h4,8H,1,5-7,9H2,2-3H3. The molecule has 0 spiro atoms. The van der Waals surface area contributed by atoms with Crippen molar-refractivity contribution in [1.29, 1.82) is 0 Å². The molecular weight excluding hydrogens is 304 g/mol. The molecule has 2 heterocycles. The van der Waals surface area contributed by atoms with Crippen molar-refractivity contribution >= 4 is 17.1 Å². The number of aryl methyl sites for hydroxylation is 1. The molecule has 2 aromatic rings. The number of aromatic nitrogens is 4. The lowest BCUT2D eigenvalue weighted by atomic mass is 10.4. The van der Waals surface area contributed by atoms with Crippen LogP contribution in [-0.2, 0) is 34.6 Å². The lowest BCUT2D eigenvalue weighted by Gasteiger charge is -2.09. The van der Waals surface area contributed by atoms with Crippen LogP contribution in [0, 0.1) is 0 Å². The zero-order valence-electron chi connectivity index (χ0n) is 13.0. The predicted molar refractivity (Wildman–Crippen MR) is 82.0 cm³/mol. The molecule has 0 amide bonds. The van der Waals surface area contributed by atoms with Crippen molar-refractivity contribution in [3.8, 4) is 0 Å². The molecule has 0 bridgehead atoms. The molecular formula is C14H18N4O5. The summed E-state index contributed by atoms with van der Waals surface area (Å²) >= 11 is 0. The van der Waals surface area contributed by atoms with Crippen molar-refractivity contribution in [3.63, 3.8) is 0 Å². The minimum absolute atomic E-state index is 0.0521. The van der Waals surface area contributed by atoms with Gasteiger partial charge in [-0.25, -0.2) is 9.78 Å². The first kappa shape index (κ1) is 16.7. The Morgan fingerprint density at radius 1 is 1.43 bits per heavy atom. The van der Waals surface area contributed by atoms with Gasteiger partial charge in [-0.2, -0.15) is 0 Å². The second-order valence-corrected chi connectivity index (χ2v) is 4.80. The van der Waals surface area contributed by atoms with Crippen LogP contribution in [0.25, 0.3) is 11.2 Å². The number of imidazole rings is 1. The van der Waals surface area contributed by atoms with E-state index in [0.29, 0.717) is 0 Å². The average molecular weight is 322 g/mol. The zero-order chi connectivity index (χ0) is 17.0. The van der Waals surface area contributed by atoms with Gasteiger partial charge >= 0.3 is 11.7 Å². The molecule has 0 aliphatic heterocycles. The highest BCUT2D eigenvalue weighted by Crippen LogP contribution is 2.08. The maximum atomic E-state index is 12.3. The molecule has 0 aliphatic carbocycles. The van der Waals surface area contributed by atoms with E-state index in [4.69, 9.17) is 4.74 Å². The SMILES string of the molecule is C=CCOCn1c(=O)n(C)c(=O)c2c1ncn2CCC(=O)OC. The summed E-state index contributed by atoms with van der Waals surface area (Å²) in [5.74, 6) is -0.397. The van der Waals surface area contributed by atoms with Gasteiger partial charge in [0.1, 0.15) is 6.73 Å². The molecule has 0 aliphatic rings. The number of carbonyl (C=O) groups excluding carboxylic acids is 1. The molecule has 0 N–H and O–H groups in total. The number of esters is 1. The Kier molecular flexibility index (Phi) is 5.12. The monoisotopic (exact) mass is 322 g/mol. The Labute approximate surface area is 131 Å². The van der Waals surface area contributed by atoms with Crippen molar-refractivity contribution in [2.45, 2.75) is 19.7 Å². The van der Waals surface area contributed by atoms with Crippen molar-refractivity contribution in [1.82, 2.24) is 18.7 Å². The normalized spacial score (nSPS) is 10.9. The second-order valence-electron chi connectivity index (χ2n) is 4.80. The molecule has 124 valence electrons. The fourth-order valence-corrected chi connectivity index (χ4v) is 2.13. The van der Waals surface area contributed by atoms with Gasteiger partial charge in [-0.1, -0.05) is 6.08 Å². The van der Waals surface area contributed by atoms with E-state index in [0.717, 1.165) is 4.57 Å². The quantitative estimate of drug-likeness (QED) is 0.391. The van der Waals surface area contributed by atoms with Gasteiger partial charge in [-0.3, -0.25) is 18.7 Å². The number of rotatable bonds is 7. The molecule has 9 heteroatoms. The fourth-order valence-electron chi connectivity index (χ4n) is 2.13. The van der Waals surface area contributed by atoms with E-state index in [1.807, 2.05) is 0 Å². The van der Waals surface area contributed by atoms with Gasteiger partial charge in [0.05, 0.1) is 26.5 Å². The molecule has 23 heavy (non-hydrogen) atoms. The number of hydrogen-bond acceptors (Lipinski definition) is 6. The zero-order valence-corrected chi connectivity index (χ0v) is 13.0. The van der Waals surface area contributed by atoms with Gasteiger partial charge in [0, 0.05) is 13.6 Å². The molecule has 2 aromatic heterocycles. The molecule has 2 rings (SSSR count). The van der Waals surface area contributed by atoms with Crippen molar-refractivity contribution < 1.29 is 14.3 Å². The third kappa shape index (κ3) is 3.24. The van der Waals surface area contributed by atoms with Crippen LogP contribution in [0.4, 0.5) is 0 Å². The third-order valence-electron chi connectivity index (χ3n) is 3.34. The van der Waals surface area contributed by atoms with Gasteiger partial charge in [-0.05, 0) is 0 Å². The third-order valence-corrected chi connectivity index (χ3v) is 3.34. The molecule has 0 radical (unpaired) electrons. The van der Waals surface area contributed by atoms with E-state index in [-0.39, 0.29) is 37.5 Å². The summed E-state index contributed by atoms with van der Waals surface area (Å²) in [5, 5.41) is 0. The van der Waals surface area contributed by atoms with Crippen LogP contribution in [-0.4, -0.2) is 38.4 Å². The summed E-state index contributed by atoms with van der Waals surface area (Å²) in [6.07, 6.45) is 3.06.